The number of phenolic OH excluding ortho intramolecular Hbond substituents is 2. The van der Waals surface area contributed by atoms with Crippen LogP contribution in [0.2, 0.25) is 5.02 Å². The summed E-state index contributed by atoms with van der Waals surface area (Å²) in [6.07, 6.45) is 5.86. The van der Waals surface area contributed by atoms with Crippen LogP contribution in [0, 0.1) is 0 Å². The molecule has 0 aromatic heterocycles. The fourth-order valence-electron chi connectivity index (χ4n) is 2.02. The molecule has 0 spiro atoms. The summed E-state index contributed by atoms with van der Waals surface area (Å²) < 4.78 is 0. The molecular formula is C14H21ClO2. The van der Waals surface area contributed by atoms with E-state index in [-0.39, 0.29) is 11.5 Å². The smallest absolute Gasteiger partial charge is 0.127 e. The van der Waals surface area contributed by atoms with Crippen LogP contribution in [0.4, 0.5) is 0 Å². The highest BCUT2D eigenvalue weighted by Crippen LogP contribution is 2.37. The first kappa shape index (κ1) is 14.2. The second-order valence-electron chi connectivity index (χ2n) is 4.35. The van der Waals surface area contributed by atoms with Gasteiger partial charge in [0.05, 0.1) is 5.02 Å². The first-order valence-electron chi connectivity index (χ1n) is 6.33. The van der Waals surface area contributed by atoms with Gasteiger partial charge in [-0.15, -0.1) is 0 Å². The van der Waals surface area contributed by atoms with E-state index in [1.165, 1.54) is 18.9 Å². The number of halogens is 1. The SMILES string of the molecule is CCCCCCc1c(O)cc(Cl)c(CC)c1O. The molecule has 0 atom stereocenters. The quantitative estimate of drug-likeness (QED) is 0.739. The van der Waals surface area contributed by atoms with Crippen LogP contribution in [-0.4, -0.2) is 10.2 Å². The molecular weight excluding hydrogens is 236 g/mol. The Morgan fingerprint density at radius 2 is 1.76 bits per heavy atom. The van der Waals surface area contributed by atoms with Crippen molar-refractivity contribution >= 4 is 11.6 Å². The molecule has 0 aliphatic carbocycles. The normalized spacial score (nSPS) is 10.8. The second kappa shape index (κ2) is 6.75. The van der Waals surface area contributed by atoms with Gasteiger partial charge in [0.25, 0.3) is 0 Å². The van der Waals surface area contributed by atoms with Gasteiger partial charge < -0.3 is 10.2 Å². The predicted octanol–water partition coefficient (Wildman–Crippen LogP) is 4.44. The van der Waals surface area contributed by atoms with Gasteiger partial charge in [-0.25, -0.2) is 0 Å². The van der Waals surface area contributed by atoms with Gasteiger partial charge in [0.15, 0.2) is 0 Å². The summed E-state index contributed by atoms with van der Waals surface area (Å²) in [7, 11) is 0. The Bertz CT molecular complexity index is 375. The molecule has 0 aliphatic rings. The number of phenols is 2. The number of unbranched alkanes of at least 4 members (excludes halogenated alkanes) is 3. The van der Waals surface area contributed by atoms with Crippen LogP contribution in [0.5, 0.6) is 11.5 Å². The number of benzene rings is 1. The van der Waals surface area contributed by atoms with E-state index in [9.17, 15) is 10.2 Å². The molecule has 1 rings (SSSR count). The molecule has 0 heterocycles. The van der Waals surface area contributed by atoms with Gasteiger partial charge in [-0.2, -0.15) is 0 Å². The Morgan fingerprint density at radius 3 is 2.35 bits per heavy atom. The molecule has 0 bridgehead atoms. The highest BCUT2D eigenvalue weighted by atomic mass is 35.5. The zero-order chi connectivity index (χ0) is 12.8. The van der Waals surface area contributed by atoms with Gasteiger partial charge in [0.1, 0.15) is 11.5 Å². The van der Waals surface area contributed by atoms with Gasteiger partial charge in [0.2, 0.25) is 0 Å². The molecule has 0 fully saturated rings. The third kappa shape index (κ3) is 3.53. The molecule has 3 heteroatoms. The monoisotopic (exact) mass is 256 g/mol. The van der Waals surface area contributed by atoms with Crippen LogP contribution in [0.1, 0.15) is 50.7 Å². The molecule has 17 heavy (non-hydrogen) atoms. The highest BCUT2D eigenvalue weighted by molar-refractivity contribution is 6.31. The third-order valence-corrected chi connectivity index (χ3v) is 3.40. The summed E-state index contributed by atoms with van der Waals surface area (Å²) in [5, 5.41) is 20.3. The van der Waals surface area contributed by atoms with Crippen molar-refractivity contribution in [3.63, 3.8) is 0 Å². The first-order chi connectivity index (χ1) is 8.11. The second-order valence-corrected chi connectivity index (χ2v) is 4.75. The highest BCUT2D eigenvalue weighted by Gasteiger charge is 2.14. The molecule has 96 valence electrons. The van der Waals surface area contributed by atoms with Gasteiger partial charge in [-0.3, -0.25) is 0 Å². The van der Waals surface area contributed by atoms with Crippen molar-refractivity contribution in [1.82, 2.24) is 0 Å². The molecule has 2 N–H and O–H groups in total. The molecule has 1 aromatic rings. The van der Waals surface area contributed by atoms with Crippen LogP contribution >= 0.6 is 11.6 Å². The van der Waals surface area contributed by atoms with Crippen molar-refractivity contribution in [1.29, 1.82) is 0 Å². The standard InChI is InChI=1S/C14H21ClO2/c1-3-5-6-7-8-11-13(16)9-12(15)10(4-2)14(11)17/h9,16-17H,3-8H2,1-2H3. The van der Waals surface area contributed by atoms with Crippen LogP contribution in [0.25, 0.3) is 0 Å². The molecule has 0 aliphatic heterocycles. The molecule has 0 radical (unpaired) electrons. The maximum atomic E-state index is 10.1. The number of hydrogen-bond donors (Lipinski definition) is 2. The van der Waals surface area contributed by atoms with E-state index in [0.717, 1.165) is 18.4 Å². The van der Waals surface area contributed by atoms with E-state index in [4.69, 9.17) is 11.6 Å². The van der Waals surface area contributed by atoms with Crippen LogP contribution in [0.3, 0.4) is 0 Å². The summed E-state index contributed by atoms with van der Waals surface area (Å²) in [6, 6.07) is 1.54. The summed E-state index contributed by atoms with van der Waals surface area (Å²) in [5.74, 6) is 0.287. The number of hydrogen-bond acceptors (Lipinski definition) is 2. The largest absolute Gasteiger partial charge is 0.507 e. The summed E-state index contributed by atoms with van der Waals surface area (Å²) in [5.41, 5.74) is 1.37. The first-order valence-corrected chi connectivity index (χ1v) is 6.71. The molecule has 1 aromatic carbocycles. The van der Waals surface area contributed by atoms with Crippen LogP contribution in [0.15, 0.2) is 6.07 Å². The van der Waals surface area contributed by atoms with Gasteiger partial charge >= 0.3 is 0 Å². The predicted molar refractivity (Wildman–Crippen MR) is 72.0 cm³/mol. The Morgan fingerprint density at radius 1 is 1.06 bits per heavy atom. The zero-order valence-electron chi connectivity index (χ0n) is 10.6. The van der Waals surface area contributed by atoms with Crippen LogP contribution in [-0.2, 0) is 12.8 Å². The molecule has 0 unspecified atom stereocenters. The minimum absolute atomic E-state index is 0.112. The lowest BCUT2D eigenvalue weighted by Gasteiger charge is -2.12. The zero-order valence-corrected chi connectivity index (χ0v) is 11.3. The summed E-state index contributed by atoms with van der Waals surface area (Å²) in [4.78, 5) is 0. The van der Waals surface area contributed by atoms with E-state index in [1.807, 2.05) is 6.92 Å². The fraction of sp³-hybridized carbons (Fsp3) is 0.571. The molecule has 2 nitrogen and oxygen atoms in total. The minimum Gasteiger partial charge on any atom is -0.507 e. The van der Waals surface area contributed by atoms with E-state index < -0.39 is 0 Å². The lowest BCUT2D eigenvalue weighted by molar-refractivity contribution is 0.432. The van der Waals surface area contributed by atoms with Crippen molar-refractivity contribution in [3.05, 3.63) is 22.2 Å². The van der Waals surface area contributed by atoms with Gasteiger partial charge in [-0.1, -0.05) is 44.7 Å². The lowest BCUT2D eigenvalue weighted by Crippen LogP contribution is -1.93. The average molecular weight is 257 g/mol. The number of rotatable bonds is 6. The van der Waals surface area contributed by atoms with Crippen LogP contribution < -0.4 is 0 Å². The van der Waals surface area contributed by atoms with Crippen molar-refractivity contribution in [3.8, 4) is 11.5 Å². The Balaban J connectivity index is 2.83. The van der Waals surface area contributed by atoms with E-state index in [0.29, 0.717) is 23.4 Å². The van der Waals surface area contributed by atoms with Gasteiger partial charge in [0, 0.05) is 11.1 Å². The van der Waals surface area contributed by atoms with Crippen molar-refractivity contribution < 1.29 is 10.2 Å². The van der Waals surface area contributed by atoms with E-state index >= 15 is 0 Å². The lowest BCUT2D eigenvalue weighted by atomic mass is 10.00. The molecule has 0 amide bonds. The Kier molecular flexibility index (Phi) is 5.63. The molecule has 0 saturated carbocycles. The fourth-order valence-corrected chi connectivity index (χ4v) is 2.35. The topological polar surface area (TPSA) is 40.5 Å². The van der Waals surface area contributed by atoms with Crippen molar-refractivity contribution in [2.75, 3.05) is 0 Å². The van der Waals surface area contributed by atoms with Crippen molar-refractivity contribution in [2.24, 2.45) is 0 Å². The van der Waals surface area contributed by atoms with Crippen molar-refractivity contribution in [2.45, 2.75) is 52.4 Å². The third-order valence-electron chi connectivity index (χ3n) is 3.07. The Labute approximate surface area is 108 Å². The maximum absolute atomic E-state index is 10.1. The van der Waals surface area contributed by atoms with E-state index in [2.05, 4.69) is 6.92 Å². The molecule has 0 saturated heterocycles. The number of aromatic hydroxyl groups is 2. The summed E-state index contributed by atoms with van der Waals surface area (Å²) >= 11 is 5.97. The van der Waals surface area contributed by atoms with E-state index in [1.54, 1.807) is 0 Å². The van der Waals surface area contributed by atoms with Gasteiger partial charge in [-0.05, 0) is 25.3 Å². The summed E-state index contributed by atoms with van der Waals surface area (Å²) in [6.45, 7) is 4.10. The minimum atomic E-state index is 0.112. The average Bonchev–Trinajstić information content (AvgIpc) is 2.28. The maximum Gasteiger partial charge on any atom is 0.127 e. The Hall–Kier alpha value is -0.890.